The summed E-state index contributed by atoms with van der Waals surface area (Å²) in [4.78, 5) is 0. The van der Waals surface area contributed by atoms with Crippen molar-refractivity contribution in [3.05, 3.63) is 0 Å². The van der Waals surface area contributed by atoms with Gasteiger partial charge in [0.05, 0.1) is 44.2 Å². The van der Waals surface area contributed by atoms with Crippen molar-refractivity contribution < 1.29 is 24.8 Å². The van der Waals surface area contributed by atoms with Crippen LogP contribution in [0.3, 0.4) is 0 Å². The van der Waals surface area contributed by atoms with Gasteiger partial charge in [-0.1, -0.05) is 6.92 Å². The number of rotatable bonds is 11. The standard InChI is InChI=1S/C12H27NO5/c1-4-12(8-14,9-15)13-5-11(16)7-18-10(2)6-17-3/h10-11,13-16H,4-9H2,1-3H3. The molecule has 110 valence electrons. The molecule has 0 rings (SSSR count). The monoisotopic (exact) mass is 265 g/mol. The number of β-amino-alcohol motifs (C(OH)–C–C–N with tert-alkyl or cyclic N) is 1. The molecule has 0 aliphatic heterocycles. The van der Waals surface area contributed by atoms with Crippen molar-refractivity contribution in [2.75, 3.05) is 40.1 Å². The summed E-state index contributed by atoms with van der Waals surface area (Å²) >= 11 is 0. The molecule has 0 aliphatic rings. The van der Waals surface area contributed by atoms with Gasteiger partial charge in [0.2, 0.25) is 0 Å². The highest BCUT2D eigenvalue weighted by Crippen LogP contribution is 2.08. The molecule has 0 amide bonds. The van der Waals surface area contributed by atoms with Gasteiger partial charge in [0.25, 0.3) is 0 Å². The second-order valence-corrected chi connectivity index (χ2v) is 4.58. The number of ether oxygens (including phenoxy) is 2. The zero-order valence-electron chi connectivity index (χ0n) is 11.6. The van der Waals surface area contributed by atoms with E-state index in [-0.39, 0.29) is 32.5 Å². The minimum atomic E-state index is -0.737. The molecule has 0 heterocycles. The molecule has 0 aromatic heterocycles. The number of hydrogen-bond acceptors (Lipinski definition) is 6. The zero-order chi connectivity index (χ0) is 14.0. The third-order valence-electron chi connectivity index (χ3n) is 2.97. The van der Waals surface area contributed by atoms with E-state index in [9.17, 15) is 15.3 Å². The maximum Gasteiger partial charge on any atom is 0.0898 e. The average Bonchev–Trinajstić information content (AvgIpc) is 2.39. The summed E-state index contributed by atoms with van der Waals surface area (Å²) in [5, 5.41) is 31.2. The van der Waals surface area contributed by atoms with Crippen LogP contribution in [0.15, 0.2) is 0 Å². The van der Waals surface area contributed by atoms with Gasteiger partial charge in [0, 0.05) is 13.7 Å². The Morgan fingerprint density at radius 3 is 2.28 bits per heavy atom. The van der Waals surface area contributed by atoms with Crippen LogP contribution in [0.5, 0.6) is 0 Å². The molecule has 4 N–H and O–H groups in total. The first-order valence-electron chi connectivity index (χ1n) is 6.29. The second kappa shape index (κ2) is 9.66. The van der Waals surface area contributed by atoms with Gasteiger partial charge in [-0.15, -0.1) is 0 Å². The molecular formula is C12H27NO5. The minimum Gasteiger partial charge on any atom is -0.394 e. The molecule has 0 aromatic carbocycles. The van der Waals surface area contributed by atoms with Crippen molar-refractivity contribution in [1.82, 2.24) is 5.32 Å². The topological polar surface area (TPSA) is 91.2 Å². The normalized spacial score (nSPS) is 15.7. The Balaban J connectivity index is 3.90. The van der Waals surface area contributed by atoms with Gasteiger partial charge in [0.15, 0.2) is 0 Å². The van der Waals surface area contributed by atoms with Crippen LogP contribution in [0.2, 0.25) is 0 Å². The lowest BCUT2D eigenvalue weighted by Crippen LogP contribution is -2.54. The van der Waals surface area contributed by atoms with Gasteiger partial charge in [0.1, 0.15) is 0 Å². The number of aliphatic hydroxyl groups is 3. The Labute approximate surface area is 109 Å². The third-order valence-corrected chi connectivity index (χ3v) is 2.97. The maximum atomic E-state index is 9.72. The van der Waals surface area contributed by atoms with Gasteiger partial charge >= 0.3 is 0 Å². The summed E-state index contributed by atoms with van der Waals surface area (Å²) in [6.45, 7) is 4.31. The number of methoxy groups -OCH3 is 1. The Bertz CT molecular complexity index is 191. The predicted molar refractivity (Wildman–Crippen MR) is 68.5 cm³/mol. The van der Waals surface area contributed by atoms with Gasteiger partial charge in [-0.3, -0.25) is 0 Å². The van der Waals surface area contributed by atoms with E-state index in [1.54, 1.807) is 7.11 Å². The van der Waals surface area contributed by atoms with E-state index >= 15 is 0 Å². The predicted octanol–water partition coefficient (Wildman–Crippen LogP) is -0.878. The van der Waals surface area contributed by atoms with Gasteiger partial charge in [-0.2, -0.15) is 0 Å². The Morgan fingerprint density at radius 2 is 1.83 bits per heavy atom. The summed E-state index contributed by atoms with van der Waals surface area (Å²) in [5.41, 5.74) is -0.737. The van der Waals surface area contributed by atoms with Crippen molar-refractivity contribution in [3.63, 3.8) is 0 Å². The lowest BCUT2D eigenvalue weighted by Gasteiger charge is -2.31. The van der Waals surface area contributed by atoms with E-state index in [1.165, 1.54) is 0 Å². The minimum absolute atomic E-state index is 0.0729. The molecule has 0 aromatic rings. The summed E-state index contributed by atoms with van der Waals surface area (Å²) < 4.78 is 10.3. The van der Waals surface area contributed by atoms with Crippen molar-refractivity contribution >= 4 is 0 Å². The summed E-state index contributed by atoms with van der Waals surface area (Å²) in [6.07, 6.45) is -0.183. The highest BCUT2D eigenvalue weighted by atomic mass is 16.5. The largest absolute Gasteiger partial charge is 0.394 e. The molecule has 0 bridgehead atoms. The number of nitrogens with one attached hydrogen (secondary N) is 1. The fraction of sp³-hybridized carbons (Fsp3) is 1.00. The quantitative estimate of drug-likeness (QED) is 0.388. The Kier molecular flexibility index (Phi) is 9.53. The molecule has 0 saturated carbocycles. The van der Waals surface area contributed by atoms with E-state index < -0.39 is 11.6 Å². The van der Waals surface area contributed by atoms with Crippen molar-refractivity contribution in [2.24, 2.45) is 0 Å². The van der Waals surface area contributed by atoms with E-state index in [0.717, 1.165) is 0 Å². The van der Waals surface area contributed by atoms with Crippen LogP contribution < -0.4 is 5.32 Å². The van der Waals surface area contributed by atoms with Crippen LogP contribution in [-0.2, 0) is 9.47 Å². The lowest BCUT2D eigenvalue weighted by molar-refractivity contribution is -0.0349. The summed E-state index contributed by atoms with van der Waals surface area (Å²) in [7, 11) is 1.59. The van der Waals surface area contributed by atoms with E-state index in [1.807, 2.05) is 13.8 Å². The summed E-state index contributed by atoms with van der Waals surface area (Å²) in [5.74, 6) is 0. The molecule has 0 saturated heterocycles. The molecule has 0 fully saturated rings. The molecular weight excluding hydrogens is 238 g/mol. The first kappa shape index (κ1) is 17.8. The first-order valence-corrected chi connectivity index (χ1v) is 6.29. The fourth-order valence-corrected chi connectivity index (χ4v) is 1.46. The van der Waals surface area contributed by atoms with Crippen LogP contribution >= 0.6 is 0 Å². The molecule has 0 aliphatic carbocycles. The SMILES string of the molecule is CCC(CO)(CO)NCC(O)COC(C)COC. The molecule has 6 heteroatoms. The molecule has 0 spiro atoms. The number of hydrogen-bond donors (Lipinski definition) is 4. The smallest absolute Gasteiger partial charge is 0.0898 e. The van der Waals surface area contributed by atoms with Crippen molar-refractivity contribution in [1.29, 1.82) is 0 Å². The Morgan fingerprint density at radius 1 is 1.22 bits per heavy atom. The van der Waals surface area contributed by atoms with Gasteiger partial charge in [-0.25, -0.2) is 0 Å². The zero-order valence-corrected chi connectivity index (χ0v) is 11.6. The average molecular weight is 265 g/mol. The second-order valence-electron chi connectivity index (χ2n) is 4.58. The van der Waals surface area contributed by atoms with E-state index in [0.29, 0.717) is 13.0 Å². The molecule has 2 atom stereocenters. The van der Waals surface area contributed by atoms with Crippen LogP contribution in [0.25, 0.3) is 0 Å². The first-order chi connectivity index (χ1) is 8.53. The van der Waals surface area contributed by atoms with Gasteiger partial charge in [-0.05, 0) is 13.3 Å². The highest BCUT2D eigenvalue weighted by Gasteiger charge is 2.26. The Hall–Kier alpha value is -0.240. The number of aliphatic hydroxyl groups excluding tert-OH is 3. The van der Waals surface area contributed by atoms with Gasteiger partial charge < -0.3 is 30.1 Å². The third kappa shape index (κ3) is 6.63. The molecule has 2 unspecified atom stereocenters. The summed E-state index contributed by atoms with van der Waals surface area (Å²) in [6, 6.07) is 0. The highest BCUT2D eigenvalue weighted by molar-refractivity contribution is 4.86. The van der Waals surface area contributed by atoms with Crippen molar-refractivity contribution in [3.8, 4) is 0 Å². The molecule has 18 heavy (non-hydrogen) atoms. The molecule has 0 radical (unpaired) electrons. The fourth-order valence-electron chi connectivity index (χ4n) is 1.46. The van der Waals surface area contributed by atoms with Crippen LogP contribution in [0.1, 0.15) is 20.3 Å². The van der Waals surface area contributed by atoms with Crippen LogP contribution in [0.4, 0.5) is 0 Å². The van der Waals surface area contributed by atoms with Crippen LogP contribution in [0, 0.1) is 0 Å². The van der Waals surface area contributed by atoms with Crippen molar-refractivity contribution in [2.45, 2.75) is 38.0 Å². The lowest BCUT2D eigenvalue weighted by atomic mass is 9.98. The van der Waals surface area contributed by atoms with E-state index in [4.69, 9.17) is 9.47 Å². The molecule has 6 nitrogen and oxygen atoms in total. The maximum absolute atomic E-state index is 9.72. The van der Waals surface area contributed by atoms with Crippen LogP contribution in [-0.4, -0.2) is 73.1 Å². The van der Waals surface area contributed by atoms with E-state index in [2.05, 4.69) is 5.32 Å².